The van der Waals surface area contributed by atoms with Gasteiger partial charge in [-0.15, -0.1) is 0 Å². The smallest absolute Gasteiger partial charge is 0.0535 e. The summed E-state index contributed by atoms with van der Waals surface area (Å²) < 4.78 is 0. The van der Waals surface area contributed by atoms with Crippen LogP contribution in [0.1, 0.15) is 36.2 Å². The van der Waals surface area contributed by atoms with E-state index in [1.54, 1.807) is 0 Å². The Morgan fingerprint density at radius 2 is 1.71 bits per heavy atom. The van der Waals surface area contributed by atoms with E-state index in [-0.39, 0.29) is 0 Å². The number of hydrogen-bond acceptors (Lipinski definition) is 3. The topological polar surface area (TPSA) is 44.0 Å². The van der Waals surface area contributed by atoms with E-state index in [4.69, 9.17) is 0 Å². The first-order valence-corrected chi connectivity index (χ1v) is 7.73. The largest absolute Gasteiger partial charge is 0.308 e. The van der Waals surface area contributed by atoms with Crippen LogP contribution in [0.25, 0.3) is 0 Å². The molecule has 2 N–H and O–H groups in total. The zero-order chi connectivity index (χ0) is 15.1. The molecule has 0 aliphatic carbocycles. The Labute approximate surface area is 127 Å². The number of H-pyrrole nitrogens is 1. The van der Waals surface area contributed by atoms with Crippen molar-refractivity contribution < 1.29 is 0 Å². The van der Waals surface area contributed by atoms with E-state index < -0.39 is 0 Å². The van der Waals surface area contributed by atoms with E-state index in [1.807, 2.05) is 6.20 Å². The second-order valence-corrected chi connectivity index (χ2v) is 5.35. The summed E-state index contributed by atoms with van der Waals surface area (Å²) in [6.45, 7) is 11.4. The Bertz CT molecular complexity index is 543. The number of rotatable bonds is 8. The number of hydrogen-bond donors (Lipinski definition) is 2. The summed E-state index contributed by atoms with van der Waals surface area (Å²) in [4.78, 5) is 2.44. The fourth-order valence-electron chi connectivity index (χ4n) is 2.46. The molecule has 2 aromatic rings. The molecule has 0 bridgehead atoms. The predicted molar refractivity (Wildman–Crippen MR) is 86.9 cm³/mol. The van der Waals surface area contributed by atoms with Crippen LogP contribution in [0.15, 0.2) is 30.5 Å². The summed E-state index contributed by atoms with van der Waals surface area (Å²) >= 11 is 0. The summed E-state index contributed by atoms with van der Waals surface area (Å²) in [5, 5.41) is 10.5. The van der Waals surface area contributed by atoms with E-state index in [1.165, 1.54) is 16.7 Å². The van der Waals surface area contributed by atoms with E-state index in [0.717, 1.165) is 38.4 Å². The Kier molecular flexibility index (Phi) is 5.96. The van der Waals surface area contributed by atoms with Gasteiger partial charge in [-0.3, -0.25) is 10.00 Å². The van der Waals surface area contributed by atoms with Gasteiger partial charge < -0.3 is 5.32 Å². The number of aromatic nitrogens is 2. The standard InChI is InChI=1S/C17H26N4/c1-4-21(5-2)13-16-9-7-6-8-15(16)10-18-11-17-12-19-20-14(17)3/h6-9,12,18H,4-5,10-11,13H2,1-3H3,(H,19,20). The van der Waals surface area contributed by atoms with E-state index in [2.05, 4.69) is 65.5 Å². The van der Waals surface area contributed by atoms with Crippen LogP contribution >= 0.6 is 0 Å². The Hall–Kier alpha value is -1.65. The molecule has 0 aliphatic rings. The minimum Gasteiger partial charge on any atom is -0.308 e. The highest BCUT2D eigenvalue weighted by Crippen LogP contribution is 2.12. The molecule has 0 radical (unpaired) electrons. The minimum absolute atomic E-state index is 0.849. The van der Waals surface area contributed by atoms with Gasteiger partial charge in [-0.2, -0.15) is 5.10 Å². The van der Waals surface area contributed by atoms with Gasteiger partial charge >= 0.3 is 0 Å². The van der Waals surface area contributed by atoms with Gasteiger partial charge in [-0.1, -0.05) is 38.1 Å². The second-order valence-electron chi connectivity index (χ2n) is 5.35. The first-order chi connectivity index (χ1) is 10.2. The average molecular weight is 286 g/mol. The van der Waals surface area contributed by atoms with E-state index in [0.29, 0.717) is 0 Å². The van der Waals surface area contributed by atoms with E-state index >= 15 is 0 Å². The number of nitrogens with zero attached hydrogens (tertiary/aromatic N) is 2. The lowest BCUT2D eigenvalue weighted by molar-refractivity contribution is 0.294. The quantitative estimate of drug-likeness (QED) is 0.784. The van der Waals surface area contributed by atoms with Crippen molar-refractivity contribution in [2.75, 3.05) is 13.1 Å². The molecule has 0 spiro atoms. The monoisotopic (exact) mass is 286 g/mol. The molecule has 0 amide bonds. The third kappa shape index (κ3) is 4.41. The number of nitrogens with one attached hydrogen (secondary N) is 2. The van der Waals surface area contributed by atoms with Gasteiger partial charge in [0.25, 0.3) is 0 Å². The first kappa shape index (κ1) is 15.7. The molecule has 0 aliphatic heterocycles. The predicted octanol–water partition coefficient (Wildman–Crippen LogP) is 2.85. The van der Waals surface area contributed by atoms with Crippen molar-refractivity contribution in [2.24, 2.45) is 0 Å². The molecular weight excluding hydrogens is 260 g/mol. The zero-order valence-electron chi connectivity index (χ0n) is 13.3. The van der Waals surface area contributed by atoms with Crippen LogP contribution in [0, 0.1) is 6.92 Å². The van der Waals surface area contributed by atoms with Crippen molar-refractivity contribution in [2.45, 2.75) is 40.4 Å². The van der Waals surface area contributed by atoms with Crippen LogP contribution in [-0.2, 0) is 19.6 Å². The van der Waals surface area contributed by atoms with Crippen LogP contribution in [0.4, 0.5) is 0 Å². The summed E-state index contributed by atoms with van der Waals surface area (Å²) in [6.07, 6.45) is 1.89. The van der Waals surface area contributed by atoms with Crippen molar-refractivity contribution in [3.05, 3.63) is 52.8 Å². The molecule has 4 heteroatoms. The fourth-order valence-corrected chi connectivity index (χ4v) is 2.46. The molecule has 4 nitrogen and oxygen atoms in total. The van der Waals surface area contributed by atoms with Crippen molar-refractivity contribution in [3.8, 4) is 0 Å². The second kappa shape index (κ2) is 7.96. The van der Waals surface area contributed by atoms with Crippen molar-refractivity contribution in [1.82, 2.24) is 20.4 Å². The molecule has 2 rings (SSSR count). The molecule has 1 aromatic heterocycles. The van der Waals surface area contributed by atoms with Gasteiger partial charge in [0.15, 0.2) is 0 Å². The van der Waals surface area contributed by atoms with Crippen LogP contribution in [0.2, 0.25) is 0 Å². The van der Waals surface area contributed by atoms with Crippen molar-refractivity contribution in [1.29, 1.82) is 0 Å². The van der Waals surface area contributed by atoms with Gasteiger partial charge in [-0.25, -0.2) is 0 Å². The molecule has 114 valence electrons. The Morgan fingerprint density at radius 1 is 1.05 bits per heavy atom. The maximum absolute atomic E-state index is 4.05. The molecule has 0 unspecified atom stereocenters. The molecule has 0 saturated carbocycles. The van der Waals surface area contributed by atoms with Gasteiger partial charge in [0, 0.05) is 30.9 Å². The third-order valence-electron chi connectivity index (χ3n) is 3.97. The van der Waals surface area contributed by atoms with Gasteiger partial charge in [0.05, 0.1) is 6.20 Å². The van der Waals surface area contributed by atoms with Crippen molar-refractivity contribution >= 4 is 0 Å². The van der Waals surface area contributed by atoms with Gasteiger partial charge in [0.1, 0.15) is 0 Å². The van der Waals surface area contributed by atoms with Crippen LogP contribution < -0.4 is 5.32 Å². The fraction of sp³-hybridized carbons (Fsp3) is 0.471. The molecule has 0 fully saturated rings. The highest BCUT2D eigenvalue weighted by Gasteiger charge is 2.06. The lowest BCUT2D eigenvalue weighted by Crippen LogP contribution is -2.23. The molecule has 0 atom stereocenters. The SMILES string of the molecule is CCN(CC)Cc1ccccc1CNCc1cn[nH]c1C. The molecular formula is C17H26N4. The number of aromatic amines is 1. The minimum atomic E-state index is 0.849. The third-order valence-corrected chi connectivity index (χ3v) is 3.97. The Balaban J connectivity index is 1.95. The van der Waals surface area contributed by atoms with Crippen LogP contribution in [-0.4, -0.2) is 28.2 Å². The lowest BCUT2D eigenvalue weighted by Gasteiger charge is -2.20. The summed E-state index contributed by atoms with van der Waals surface area (Å²) in [6, 6.07) is 8.70. The summed E-state index contributed by atoms with van der Waals surface area (Å²) in [5.74, 6) is 0. The molecule has 1 aromatic carbocycles. The Morgan fingerprint density at radius 3 is 2.33 bits per heavy atom. The summed E-state index contributed by atoms with van der Waals surface area (Å²) in [7, 11) is 0. The highest BCUT2D eigenvalue weighted by molar-refractivity contribution is 5.27. The number of aryl methyl sites for hydroxylation is 1. The lowest BCUT2D eigenvalue weighted by atomic mass is 10.1. The van der Waals surface area contributed by atoms with Crippen molar-refractivity contribution in [3.63, 3.8) is 0 Å². The highest BCUT2D eigenvalue weighted by atomic mass is 15.1. The summed E-state index contributed by atoms with van der Waals surface area (Å²) in [5.41, 5.74) is 5.17. The average Bonchev–Trinajstić information content (AvgIpc) is 2.91. The normalized spacial score (nSPS) is 11.2. The van der Waals surface area contributed by atoms with Crippen LogP contribution in [0.5, 0.6) is 0 Å². The maximum atomic E-state index is 4.05. The molecule has 1 heterocycles. The zero-order valence-corrected chi connectivity index (χ0v) is 13.3. The number of benzene rings is 1. The first-order valence-electron chi connectivity index (χ1n) is 7.73. The van der Waals surface area contributed by atoms with Crippen LogP contribution in [0.3, 0.4) is 0 Å². The van der Waals surface area contributed by atoms with E-state index in [9.17, 15) is 0 Å². The molecule has 21 heavy (non-hydrogen) atoms. The maximum Gasteiger partial charge on any atom is 0.0535 e. The van der Waals surface area contributed by atoms with Gasteiger partial charge in [-0.05, 0) is 31.1 Å². The van der Waals surface area contributed by atoms with Gasteiger partial charge in [0.2, 0.25) is 0 Å². The molecule has 0 saturated heterocycles.